The van der Waals surface area contributed by atoms with E-state index in [-0.39, 0.29) is 23.4 Å². The summed E-state index contributed by atoms with van der Waals surface area (Å²) >= 11 is 0. The number of carbonyl (C=O) groups is 2. The molecule has 194 valence electrons. The van der Waals surface area contributed by atoms with Gasteiger partial charge in [0, 0.05) is 43.5 Å². The van der Waals surface area contributed by atoms with Crippen molar-refractivity contribution >= 4 is 27.5 Å². The Kier molecular flexibility index (Phi) is 8.43. The zero-order valence-electron chi connectivity index (χ0n) is 21.2. The molecule has 9 heteroatoms. The number of benzene rings is 2. The van der Waals surface area contributed by atoms with Crippen LogP contribution < -0.4 is 5.32 Å². The first kappa shape index (κ1) is 26.3. The molecule has 1 N–H and O–H groups in total. The molecule has 2 amide bonds. The van der Waals surface area contributed by atoms with Crippen LogP contribution in [0, 0.1) is 6.92 Å². The third-order valence-electron chi connectivity index (χ3n) is 7.12. The van der Waals surface area contributed by atoms with Crippen LogP contribution in [0.4, 0.5) is 5.69 Å². The van der Waals surface area contributed by atoms with E-state index in [1.165, 1.54) is 4.31 Å². The molecule has 1 heterocycles. The molecule has 1 aliphatic heterocycles. The van der Waals surface area contributed by atoms with Gasteiger partial charge in [0.2, 0.25) is 15.9 Å². The normalized spacial score (nSPS) is 17.8. The Labute approximate surface area is 214 Å². The first-order chi connectivity index (χ1) is 17.2. The molecule has 4 rings (SSSR count). The third-order valence-corrected chi connectivity index (χ3v) is 9.03. The second kappa shape index (κ2) is 11.5. The molecule has 2 aromatic rings. The number of carbonyl (C=O) groups excluding carboxylic acids is 2. The summed E-state index contributed by atoms with van der Waals surface area (Å²) in [4.78, 5) is 30.0. The standard InChI is InChI=1S/C27H36N4O4S/c1-21-8-14-25(15-9-21)36(34,35)31(24-6-4-3-5-7-24)20-26(32)28-23-12-10-22(11-13-23)27(33)30-18-16-29(2)17-19-30/h8-15,24H,3-7,16-20H2,1-2H3,(H,28,32). The number of hydrogen-bond donors (Lipinski definition) is 1. The lowest BCUT2D eigenvalue weighted by atomic mass is 9.95. The predicted octanol–water partition coefficient (Wildman–Crippen LogP) is 3.34. The van der Waals surface area contributed by atoms with Crippen molar-refractivity contribution in [3.05, 3.63) is 59.7 Å². The quantitative estimate of drug-likeness (QED) is 0.615. The van der Waals surface area contributed by atoms with Gasteiger partial charge in [-0.15, -0.1) is 0 Å². The molecule has 0 unspecified atom stereocenters. The number of aryl methyl sites for hydroxylation is 1. The molecule has 0 aromatic heterocycles. The molecule has 2 fully saturated rings. The van der Waals surface area contributed by atoms with Crippen molar-refractivity contribution in [2.24, 2.45) is 0 Å². The second-order valence-corrected chi connectivity index (χ2v) is 11.8. The summed E-state index contributed by atoms with van der Waals surface area (Å²) in [6.07, 6.45) is 4.49. The molecule has 1 aliphatic carbocycles. The average Bonchev–Trinajstić information content (AvgIpc) is 2.88. The Hall–Kier alpha value is -2.75. The maximum absolute atomic E-state index is 13.5. The monoisotopic (exact) mass is 512 g/mol. The number of hydrogen-bond acceptors (Lipinski definition) is 5. The maximum Gasteiger partial charge on any atom is 0.253 e. The molecule has 0 radical (unpaired) electrons. The zero-order chi connectivity index (χ0) is 25.7. The zero-order valence-corrected chi connectivity index (χ0v) is 22.0. The van der Waals surface area contributed by atoms with Crippen LogP contribution in [0.15, 0.2) is 53.4 Å². The van der Waals surface area contributed by atoms with Crippen molar-refractivity contribution in [1.82, 2.24) is 14.1 Å². The van der Waals surface area contributed by atoms with Crippen LogP contribution in [0.25, 0.3) is 0 Å². The van der Waals surface area contributed by atoms with Gasteiger partial charge in [0.05, 0.1) is 11.4 Å². The van der Waals surface area contributed by atoms with Crippen molar-refractivity contribution in [2.75, 3.05) is 45.1 Å². The van der Waals surface area contributed by atoms with Crippen molar-refractivity contribution in [1.29, 1.82) is 0 Å². The Morgan fingerprint density at radius 3 is 2.14 bits per heavy atom. The average molecular weight is 513 g/mol. The Morgan fingerprint density at radius 1 is 0.917 bits per heavy atom. The van der Waals surface area contributed by atoms with Gasteiger partial charge in [-0.3, -0.25) is 9.59 Å². The molecular weight excluding hydrogens is 476 g/mol. The van der Waals surface area contributed by atoms with Crippen molar-refractivity contribution < 1.29 is 18.0 Å². The summed E-state index contributed by atoms with van der Waals surface area (Å²) in [5, 5.41) is 2.82. The van der Waals surface area contributed by atoms with Crippen LogP contribution >= 0.6 is 0 Å². The second-order valence-electron chi connectivity index (χ2n) is 9.88. The number of likely N-dealkylation sites (N-methyl/N-ethyl adjacent to an activating group) is 1. The SMILES string of the molecule is Cc1ccc(S(=O)(=O)N(CC(=O)Nc2ccc(C(=O)N3CCN(C)CC3)cc2)C2CCCCC2)cc1. The number of nitrogens with one attached hydrogen (secondary N) is 1. The number of nitrogens with zero attached hydrogens (tertiary/aromatic N) is 3. The molecule has 2 aliphatic rings. The minimum absolute atomic E-state index is 0.0198. The summed E-state index contributed by atoms with van der Waals surface area (Å²) in [5.74, 6) is -0.414. The Bertz CT molecular complexity index is 1150. The first-order valence-corrected chi connectivity index (χ1v) is 14.1. The summed E-state index contributed by atoms with van der Waals surface area (Å²) in [7, 11) is -1.78. The fourth-order valence-electron chi connectivity index (χ4n) is 4.86. The number of amides is 2. The highest BCUT2D eigenvalue weighted by Gasteiger charge is 2.34. The van der Waals surface area contributed by atoms with Crippen molar-refractivity contribution in [3.63, 3.8) is 0 Å². The number of piperazine rings is 1. The lowest BCUT2D eigenvalue weighted by Crippen LogP contribution is -2.47. The molecule has 36 heavy (non-hydrogen) atoms. The Balaban J connectivity index is 1.44. The molecule has 0 spiro atoms. The van der Waals surface area contributed by atoms with E-state index in [1.54, 1.807) is 48.5 Å². The first-order valence-electron chi connectivity index (χ1n) is 12.7. The van der Waals surface area contributed by atoms with Gasteiger partial charge in [-0.05, 0) is 63.2 Å². The number of rotatable bonds is 7. The van der Waals surface area contributed by atoms with Gasteiger partial charge >= 0.3 is 0 Å². The predicted molar refractivity (Wildman–Crippen MR) is 140 cm³/mol. The van der Waals surface area contributed by atoms with E-state index in [4.69, 9.17) is 0 Å². The van der Waals surface area contributed by atoms with E-state index in [0.29, 0.717) is 24.3 Å². The molecule has 1 saturated carbocycles. The minimum Gasteiger partial charge on any atom is -0.336 e. The van der Waals surface area contributed by atoms with Crippen LogP contribution in [0.1, 0.15) is 48.0 Å². The highest BCUT2D eigenvalue weighted by atomic mass is 32.2. The molecule has 2 aromatic carbocycles. The molecular formula is C27H36N4O4S. The topological polar surface area (TPSA) is 90.0 Å². The van der Waals surface area contributed by atoms with E-state index in [1.807, 2.05) is 18.9 Å². The highest BCUT2D eigenvalue weighted by Crippen LogP contribution is 2.28. The van der Waals surface area contributed by atoms with Crippen LogP contribution in [-0.2, 0) is 14.8 Å². The fraction of sp³-hybridized carbons (Fsp3) is 0.481. The van der Waals surface area contributed by atoms with Crippen LogP contribution in [0.2, 0.25) is 0 Å². The van der Waals surface area contributed by atoms with Gasteiger partial charge in [-0.25, -0.2) is 8.42 Å². The third kappa shape index (κ3) is 6.32. The van der Waals surface area contributed by atoms with Gasteiger partial charge in [0.25, 0.3) is 5.91 Å². The van der Waals surface area contributed by atoms with E-state index in [0.717, 1.165) is 50.8 Å². The van der Waals surface area contributed by atoms with Gasteiger partial charge in [-0.1, -0.05) is 37.0 Å². The highest BCUT2D eigenvalue weighted by molar-refractivity contribution is 7.89. The van der Waals surface area contributed by atoms with E-state index in [2.05, 4.69) is 10.2 Å². The number of anilines is 1. The molecule has 1 saturated heterocycles. The van der Waals surface area contributed by atoms with Crippen molar-refractivity contribution in [2.45, 2.75) is 50.0 Å². The van der Waals surface area contributed by atoms with Crippen LogP contribution in [-0.4, -0.2) is 80.2 Å². The molecule has 0 bridgehead atoms. The van der Waals surface area contributed by atoms with Gasteiger partial charge in [0.1, 0.15) is 0 Å². The van der Waals surface area contributed by atoms with E-state index in [9.17, 15) is 18.0 Å². The van der Waals surface area contributed by atoms with E-state index >= 15 is 0 Å². The molecule has 8 nitrogen and oxygen atoms in total. The number of sulfonamides is 1. The fourth-order valence-corrected chi connectivity index (χ4v) is 6.50. The summed E-state index contributed by atoms with van der Waals surface area (Å²) < 4.78 is 28.4. The van der Waals surface area contributed by atoms with Crippen LogP contribution in [0.3, 0.4) is 0 Å². The molecule has 0 atom stereocenters. The minimum atomic E-state index is -3.82. The maximum atomic E-state index is 13.5. The van der Waals surface area contributed by atoms with E-state index < -0.39 is 15.9 Å². The lowest BCUT2D eigenvalue weighted by molar-refractivity contribution is -0.116. The smallest absolute Gasteiger partial charge is 0.253 e. The largest absolute Gasteiger partial charge is 0.336 e. The summed E-state index contributed by atoms with van der Waals surface area (Å²) in [6, 6.07) is 13.4. The van der Waals surface area contributed by atoms with Gasteiger partial charge in [-0.2, -0.15) is 4.31 Å². The van der Waals surface area contributed by atoms with Crippen LogP contribution in [0.5, 0.6) is 0 Å². The van der Waals surface area contributed by atoms with Crippen molar-refractivity contribution in [3.8, 4) is 0 Å². The van der Waals surface area contributed by atoms with Gasteiger partial charge < -0.3 is 15.1 Å². The lowest BCUT2D eigenvalue weighted by Gasteiger charge is -2.33. The summed E-state index contributed by atoms with van der Waals surface area (Å²) in [5.41, 5.74) is 2.08. The van der Waals surface area contributed by atoms with Gasteiger partial charge in [0.15, 0.2) is 0 Å². The Morgan fingerprint density at radius 2 is 1.53 bits per heavy atom. The summed E-state index contributed by atoms with van der Waals surface area (Å²) in [6.45, 7) is 4.75.